The predicted molar refractivity (Wildman–Crippen MR) is 93.1 cm³/mol. The highest BCUT2D eigenvalue weighted by Gasteiger charge is 2.41. The summed E-state index contributed by atoms with van der Waals surface area (Å²) in [6.45, 7) is 0.929. The third-order valence-corrected chi connectivity index (χ3v) is 5.27. The van der Waals surface area contributed by atoms with Crippen molar-refractivity contribution >= 4 is 5.96 Å². The summed E-state index contributed by atoms with van der Waals surface area (Å²) in [5.74, 6) is 0.779. The fourth-order valence-corrected chi connectivity index (χ4v) is 3.99. The van der Waals surface area contributed by atoms with E-state index >= 15 is 0 Å². The quantitative estimate of drug-likeness (QED) is 0.652. The zero-order valence-corrected chi connectivity index (χ0v) is 15.0. The average molecular weight is 370 g/mol. The molecule has 1 saturated heterocycles. The second-order valence-electron chi connectivity index (χ2n) is 7.15. The number of likely N-dealkylation sites (tertiary alicyclic amines) is 1. The standard InChI is InChI=1S/C18H25F3N4O/c1-22-16(25-10-8-17(12-25)6-2-3-7-17)24-11-14-5-4-9-23-15(14)26-13-18(19,20)21/h4-5,9H,2-3,6-8,10-13H2,1H3,(H,22,24). The van der Waals surface area contributed by atoms with E-state index < -0.39 is 12.8 Å². The Labute approximate surface area is 151 Å². The zero-order chi connectivity index (χ0) is 18.6. The third kappa shape index (κ3) is 4.59. The molecule has 0 aromatic carbocycles. The first-order valence-electron chi connectivity index (χ1n) is 9.00. The maximum atomic E-state index is 12.4. The number of hydrogen-bond donors (Lipinski definition) is 1. The van der Waals surface area contributed by atoms with E-state index in [1.54, 1.807) is 19.2 Å². The number of nitrogens with zero attached hydrogens (tertiary/aromatic N) is 3. The smallest absolute Gasteiger partial charge is 0.422 e. The van der Waals surface area contributed by atoms with Crippen molar-refractivity contribution in [3.8, 4) is 5.88 Å². The van der Waals surface area contributed by atoms with Crippen LogP contribution in [-0.2, 0) is 6.54 Å². The van der Waals surface area contributed by atoms with Crippen LogP contribution in [0, 0.1) is 5.41 Å². The number of rotatable bonds is 4. The van der Waals surface area contributed by atoms with Crippen molar-refractivity contribution in [2.75, 3.05) is 26.7 Å². The first kappa shape index (κ1) is 18.8. The third-order valence-electron chi connectivity index (χ3n) is 5.27. The van der Waals surface area contributed by atoms with Crippen LogP contribution in [0.4, 0.5) is 13.2 Å². The molecule has 1 aromatic rings. The molecule has 1 aromatic heterocycles. The highest BCUT2D eigenvalue weighted by atomic mass is 19.4. The number of guanidine groups is 1. The van der Waals surface area contributed by atoms with Crippen LogP contribution >= 0.6 is 0 Å². The fourth-order valence-electron chi connectivity index (χ4n) is 3.99. The molecule has 144 valence electrons. The van der Waals surface area contributed by atoms with Crippen LogP contribution in [0.25, 0.3) is 0 Å². The van der Waals surface area contributed by atoms with Crippen molar-refractivity contribution in [3.63, 3.8) is 0 Å². The molecular formula is C18H25F3N4O. The molecule has 8 heteroatoms. The number of alkyl halides is 3. The Kier molecular flexibility index (Phi) is 5.58. The number of pyridine rings is 1. The molecule has 1 N–H and O–H groups in total. The minimum absolute atomic E-state index is 0.00135. The summed E-state index contributed by atoms with van der Waals surface area (Å²) < 4.78 is 42.0. The lowest BCUT2D eigenvalue weighted by molar-refractivity contribution is -0.154. The molecule has 0 radical (unpaired) electrons. The molecule has 2 aliphatic rings. The summed E-state index contributed by atoms with van der Waals surface area (Å²) in [6.07, 6.45) is 3.38. The Hall–Kier alpha value is -1.99. The molecule has 26 heavy (non-hydrogen) atoms. The molecule has 1 spiro atoms. The Morgan fingerprint density at radius 3 is 2.81 bits per heavy atom. The lowest BCUT2D eigenvalue weighted by Gasteiger charge is -2.26. The van der Waals surface area contributed by atoms with Crippen LogP contribution in [0.3, 0.4) is 0 Å². The molecule has 0 bridgehead atoms. The average Bonchev–Trinajstić information content (AvgIpc) is 3.24. The van der Waals surface area contributed by atoms with Gasteiger partial charge in [-0.25, -0.2) is 4.98 Å². The molecule has 2 fully saturated rings. The molecular weight excluding hydrogens is 345 g/mol. The Morgan fingerprint density at radius 1 is 1.35 bits per heavy atom. The van der Waals surface area contributed by atoms with Gasteiger partial charge in [0.05, 0.1) is 0 Å². The van der Waals surface area contributed by atoms with E-state index in [0.717, 1.165) is 19.0 Å². The van der Waals surface area contributed by atoms with Gasteiger partial charge in [-0.2, -0.15) is 13.2 Å². The maximum absolute atomic E-state index is 12.4. The molecule has 2 heterocycles. The largest absolute Gasteiger partial charge is 0.468 e. The normalized spacial score (nSPS) is 20.0. The van der Waals surface area contributed by atoms with Crippen molar-refractivity contribution in [1.29, 1.82) is 0 Å². The number of aliphatic imine (C=N–C) groups is 1. The zero-order valence-electron chi connectivity index (χ0n) is 15.0. The van der Waals surface area contributed by atoms with Crippen LogP contribution in [0.15, 0.2) is 23.3 Å². The topological polar surface area (TPSA) is 49.8 Å². The fraction of sp³-hybridized carbons (Fsp3) is 0.667. The van der Waals surface area contributed by atoms with Gasteiger partial charge in [0.2, 0.25) is 5.88 Å². The van der Waals surface area contributed by atoms with Crippen molar-refractivity contribution in [3.05, 3.63) is 23.9 Å². The SMILES string of the molecule is CN=C(NCc1cccnc1OCC(F)(F)F)N1CCC2(CCCC2)C1. The molecule has 3 rings (SSSR count). The van der Waals surface area contributed by atoms with Gasteiger partial charge in [0.25, 0.3) is 0 Å². The number of ether oxygens (including phenoxy) is 1. The molecule has 1 aliphatic heterocycles. The van der Waals surface area contributed by atoms with E-state index in [-0.39, 0.29) is 5.88 Å². The van der Waals surface area contributed by atoms with Crippen molar-refractivity contribution in [2.24, 2.45) is 10.4 Å². The molecule has 5 nitrogen and oxygen atoms in total. The summed E-state index contributed by atoms with van der Waals surface area (Å²) >= 11 is 0. The van der Waals surface area contributed by atoms with Gasteiger partial charge in [-0.15, -0.1) is 0 Å². The van der Waals surface area contributed by atoms with E-state index in [4.69, 9.17) is 4.74 Å². The van der Waals surface area contributed by atoms with Gasteiger partial charge in [-0.3, -0.25) is 4.99 Å². The Bertz CT molecular complexity index is 642. The first-order chi connectivity index (χ1) is 12.4. The number of halogens is 3. The minimum atomic E-state index is -4.39. The summed E-state index contributed by atoms with van der Waals surface area (Å²) in [6, 6.07) is 3.39. The summed E-state index contributed by atoms with van der Waals surface area (Å²) in [4.78, 5) is 10.5. The molecule has 0 unspecified atom stereocenters. The van der Waals surface area contributed by atoms with Crippen LogP contribution in [0.5, 0.6) is 5.88 Å². The maximum Gasteiger partial charge on any atom is 0.422 e. The molecule has 0 amide bonds. The van der Waals surface area contributed by atoms with Crippen molar-refractivity contribution < 1.29 is 17.9 Å². The van der Waals surface area contributed by atoms with E-state index in [0.29, 0.717) is 17.5 Å². The van der Waals surface area contributed by atoms with Crippen molar-refractivity contribution in [2.45, 2.75) is 44.8 Å². The number of aromatic nitrogens is 1. The lowest BCUT2D eigenvalue weighted by Crippen LogP contribution is -2.40. The predicted octanol–water partition coefficient (Wildman–Crippen LogP) is 3.36. The highest BCUT2D eigenvalue weighted by molar-refractivity contribution is 5.80. The Balaban J connectivity index is 1.59. The Morgan fingerprint density at radius 2 is 2.12 bits per heavy atom. The van der Waals surface area contributed by atoms with Gasteiger partial charge >= 0.3 is 6.18 Å². The second kappa shape index (κ2) is 7.72. The lowest BCUT2D eigenvalue weighted by atomic mass is 9.86. The van der Waals surface area contributed by atoms with Gasteiger partial charge in [0.1, 0.15) is 0 Å². The first-order valence-corrected chi connectivity index (χ1v) is 9.00. The second-order valence-corrected chi connectivity index (χ2v) is 7.15. The van der Waals surface area contributed by atoms with E-state index in [2.05, 4.69) is 20.2 Å². The van der Waals surface area contributed by atoms with Gasteiger partial charge in [0, 0.05) is 38.4 Å². The van der Waals surface area contributed by atoms with Crippen LogP contribution < -0.4 is 10.1 Å². The van der Waals surface area contributed by atoms with Crippen LogP contribution in [0.1, 0.15) is 37.7 Å². The summed E-state index contributed by atoms with van der Waals surface area (Å²) in [5.41, 5.74) is 1.00. The molecule has 1 aliphatic carbocycles. The summed E-state index contributed by atoms with van der Waals surface area (Å²) in [7, 11) is 1.73. The number of nitrogens with one attached hydrogen (secondary N) is 1. The summed E-state index contributed by atoms with van der Waals surface area (Å²) in [5, 5.41) is 3.25. The number of hydrogen-bond acceptors (Lipinski definition) is 3. The van der Waals surface area contributed by atoms with Gasteiger partial charge in [-0.1, -0.05) is 18.9 Å². The van der Waals surface area contributed by atoms with Crippen LogP contribution in [-0.4, -0.2) is 48.8 Å². The van der Waals surface area contributed by atoms with Gasteiger partial charge < -0.3 is 15.0 Å². The van der Waals surface area contributed by atoms with E-state index in [9.17, 15) is 13.2 Å². The van der Waals surface area contributed by atoms with Gasteiger partial charge in [-0.05, 0) is 30.7 Å². The molecule has 0 atom stereocenters. The van der Waals surface area contributed by atoms with Gasteiger partial charge in [0.15, 0.2) is 12.6 Å². The van der Waals surface area contributed by atoms with E-state index in [1.807, 2.05) is 0 Å². The van der Waals surface area contributed by atoms with Crippen LogP contribution in [0.2, 0.25) is 0 Å². The monoisotopic (exact) mass is 370 g/mol. The highest BCUT2D eigenvalue weighted by Crippen LogP contribution is 2.45. The minimum Gasteiger partial charge on any atom is -0.468 e. The van der Waals surface area contributed by atoms with Crippen molar-refractivity contribution in [1.82, 2.24) is 15.2 Å². The molecule has 1 saturated carbocycles. The van der Waals surface area contributed by atoms with E-state index in [1.165, 1.54) is 38.3 Å².